The molecule has 0 atom stereocenters. The third-order valence-corrected chi connectivity index (χ3v) is 4.40. The molecule has 1 aromatic rings. The molecule has 0 aromatic heterocycles. The van der Waals surface area contributed by atoms with Crippen LogP contribution >= 0.6 is 22.3 Å². The molecule has 9 heteroatoms. The Morgan fingerprint density at radius 1 is 1.22 bits per heavy atom. The largest absolute Gasteiger partial charge is 0.494 e. The Hall–Kier alpha value is -0.500. The summed E-state index contributed by atoms with van der Waals surface area (Å²) >= 11 is 5.84. The zero-order valence-electron chi connectivity index (χ0n) is 9.48. The third kappa shape index (κ3) is 4.01. The quantitative estimate of drug-likeness (QED) is 0.786. The first kappa shape index (κ1) is 15.6. The molecule has 0 N–H and O–H groups in total. The van der Waals surface area contributed by atoms with Gasteiger partial charge in [0.2, 0.25) is 9.05 Å². The van der Waals surface area contributed by atoms with Crippen LogP contribution in [0.25, 0.3) is 0 Å². The lowest BCUT2D eigenvalue weighted by Crippen LogP contribution is -2.04. The lowest BCUT2D eigenvalue weighted by molar-refractivity contribution is 0.403. The minimum absolute atomic E-state index is 0.00995. The zero-order valence-corrected chi connectivity index (χ0v) is 12.6. The molecule has 0 heterocycles. The van der Waals surface area contributed by atoms with Crippen LogP contribution in [0.1, 0.15) is 5.56 Å². The molecule has 0 aliphatic carbocycles. The van der Waals surface area contributed by atoms with Crippen LogP contribution in [0.5, 0.6) is 5.75 Å². The van der Waals surface area contributed by atoms with Crippen LogP contribution < -0.4 is 4.74 Å². The highest BCUT2D eigenvalue weighted by Gasteiger charge is 2.20. The minimum Gasteiger partial charge on any atom is -0.494 e. The number of hydrogen-bond acceptors (Lipinski definition) is 5. The van der Waals surface area contributed by atoms with Crippen molar-refractivity contribution < 1.29 is 21.6 Å². The number of ether oxygens (including phenoxy) is 1. The molecule has 0 aliphatic heterocycles. The molecule has 0 unspecified atom stereocenters. The lowest BCUT2D eigenvalue weighted by Gasteiger charge is -2.10. The topological polar surface area (TPSA) is 77.5 Å². The zero-order chi connectivity index (χ0) is 14.1. The van der Waals surface area contributed by atoms with Gasteiger partial charge in [-0.05, 0) is 17.7 Å². The number of hydrogen-bond donors (Lipinski definition) is 0. The van der Waals surface area contributed by atoms with Gasteiger partial charge in [0.25, 0.3) is 0 Å². The van der Waals surface area contributed by atoms with Gasteiger partial charge in [-0.15, -0.1) is 0 Å². The van der Waals surface area contributed by atoms with Gasteiger partial charge in [-0.2, -0.15) is 0 Å². The Labute approximate surface area is 115 Å². The Morgan fingerprint density at radius 2 is 1.78 bits per heavy atom. The van der Waals surface area contributed by atoms with Gasteiger partial charge in [-0.3, -0.25) is 0 Å². The van der Waals surface area contributed by atoms with Gasteiger partial charge >= 0.3 is 0 Å². The highest BCUT2D eigenvalue weighted by molar-refractivity contribution is 8.13. The first-order valence-electron chi connectivity index (χ1n) is 4.53. The van der Waals surface area contributed by atoms with Crippen molar-refractivity contribution in [3.05, 3.63) is 22.7 Å². The summed E-state index contributed by atoms with van der Waals surface area (Å²) < 4.78 is 50.0. The predicted octanol–water partition coefficient (Wildman–Crippen LogP) is 1.82. The van der Waals surface area contributed by atoms with E-state index in [0.29, 0.717) is 0 Å². The Balaban J connectivity index is 3.50. The maximum absolute atomic E-state index is 11.6. The van der Waals surface area contributed by atoms with Crippen molar-refractivity contribution in [2.24, 2.45) is 0 Å². The standard InChI is InChI=1S/C9H10Cl2O5S2/c1-16-9-7(10)3-6(5-18(11,14)15)4-8(9)17(2,12)13/h3-4H,5H2,1-2H3. The SMILES string of the molecule is COc1c(Cl)cc(CS(=O)(=O)Cl)cc1S(C)(=O)=O. The fourth-order valence-electron chi connectivity index (χ4n) is 1.38. The summed E-state index contributed by atoms with van der Waals surface area (Å²) in [5, 5.41) is 0.00995. The summed E-state index contributed by atoms with van der Waals surface area (Å²) in [4.78, 5) is -0.173. The Morgan fingerprint density at radius 3 is 2.17 bits per heavy atom. The fraction of sp³-hybridized carbons (Fsp3) is 0.333. The molecule has 0 aliphatic rings. The molecule has 18 heavy (non-hydrogen) atoms. The van der Waals surface area contributed by atoms with Crippen molar-refractivity contribution in [3.8, 4) is 5.75 Å². The van der Waals surface area contributed by atoms with Crippen molar-refractivity contribution in [2.75, 3.05) is 13.4 Å². The van der Waals surface area contributed by atoms with Crippen molar-refractivity contribution in [2.45, 2.75) is 10.6 Å². The normalized spacial score (nSPS) is 12.4. The van der Waals surface area contributed by atoms with E-state index in [9.17, 15) is 16.8 Å². The maximum atomic E-state index is 11.6. The second-order valence-electron chi connectivity index (χ2n) is 3.56. The van der Waals surface area contributed by atoms with E-state index in [1.165, 1.54) is 19.2 Å². The molecule has 1 aromatic carbocycles. The van der Waals surface area contributed by atoms with Crippen LogP contribution in [0.2, 0.25) is 5.02 Å². The van der Waals surface area contributed by atoms with Gasteiger partial charge in [0, 0.05) is 16.9 Å². The summed E-state index contributed by atoms with van der Waals surface area (Å²) in [7, 11) is -1.01. The molecule has 0 amide bonds. The van der Waals surface area contributed by atoms with E-state index >= 15 is 0 Å². The number of benzene rings is 1. The van der Waals surface area contributed by atoms with E-state index in [4.69, 9.17) is 27.0 Å². The lowest BCUT2D eigenvalue weighted by atomic mass is 10.2. The molecular weight excluding hydrogens is 323 g/mol. The molecule has 5 nitrogen and oxygen atoms in total. The number of methoxy groups -OCH3 is 1. The summed E-state index contributed by atoms with van der Waals surface area (Å²) in [5.41, 5.74) is 0.177. The van der Waals surface area contributed by atoms with E-state index in [1.54, 1.807) is 0 Å². The van der Waals surface area contributed by atoms with Crippen molar-refractivity contribution >= 4 is 41.2 Å². The first-order chi connectivity index (χ1) is 8.04. The predicted molar refractivity (Wildman–Crippen MR) is 69.6 cm³/mol. The van der Waals surface area contributed by atoms with Crippen molar-refractivity contribution in [1.82, 2.24) is 0 Å². The van der Waals surface area contributed by atoms with Gasteiger partial charge < -0.3 is 4.74 Å². The third-order valence-electron chi connectivity index (χ3n) is 2.01. The van der Waals surface area contributed by atoms with Crippen LogP contribution in [-0.2, 0) is 24.6 Å². The van der Waals surface area contributed by atoms with Gasteiger partial charge in [-0.1, -0.05) is 11.6 Å². The van der Waals surface area contributed by atoms with E-state index < -0.39 is 24.6 Å². The van der Waals surface area contributed by atoms with Crippen LogP contribution in [0, 0.1) is 0 Å². The molecule has 0 bridgehead atoms. The molecule has 0 radical (unpaired) electrons. The summed E-state index contributed by atoms with van der Waals surface area (Å²) in [6.45, 7) is 0. The summed E-state index contributed by atoms with van der Waals surface area (Å²) in [6.07, 6.45) is 0.972. The number of sulfone groups is 1. The van der Waals surface area contributed by atoms with E-state index in [2.05, 4.69) is 0 Å². The first-order valence-corrected chi connectivity index (χ1v) is 9.28. The Bertz CT molecular complexity index is 664. The van der Waals surface area contributed by atoms with Gasteiger partial charge in [0.15, 0.2) is 15.6 Å². The van der Waals surface area contributed by atoms with E-state index in [1.807, 2.05) is 0 Å². The highest BCUT2D eigenvalue weighted by Crippen LogP contribution is 2.34. The number of rotatable bonds is 4. The molecule has 0 saturated heterocycles. The summed E-state index contributed by atoms with van der Waals surface area (Å²) in [5.74, 6) is -0.532. The van der Waals surface area contributed by atoms with Gasteiger partial charge in [0.1, 0.15) is 4.90 Å². The fourth-order valence-corrected chi connectivity index (χ4v) is 3.59. The molecule has 0 saturated carbocycles. The number of halogens is 2. The second-order valence-corrected chi connectivity index (χ2v) is 8.73. The minimum atomic E-state index is -3.80. The van der Waals surface area contributed by atoms with E-state index in [0.717, 1.165) is 6.26 Å². The van der Waals surface area contributed by atoms with Crippen molar-refractivity contribution in [1.29, 1.82) is 0 Å². The average molecular weight is 333 g/mol. The van der Waals surface area contributed by atoms with Crippen LogP contribution in [0.4, 0.5) is 0 Å². The maximum Gasteiger partial charge on any atom is 0.236 e. The summed E-state index contributed by atoms with van der Waals surface area (Å²) in [6, 6.07) is 2.48. The average Bonchev–Trinajstić information content (AvgIpc) is 2.12. The smallest absolute Gasteiger partial charge is 0.236 e. The molecule has 102 valence electrons. The Kier molecular flexibility index (Phi) is 4.53. The molecule has 1 rings (SSSR count). The molecule has 0 spiro atoms. The van der Waals surface area contributed by atoms with Gasteiger partial charge in [-0.25, -0.2) is 16.8 Å². The highest BCUT2D eigenvalue weighted by atomic mass is 35.7. The monoisotopic (exact) mass is 332 g/mol. The van der Waals surface area contributed by atoms with Crippen LogP contribution in [0.15, 0.2) is 17.0 Å². The van der Waals surface area contributed by atoms with Gasteiger partial charge in [0.05, 0.1) is 17.9 Å². The van der Waals surface area contributed by atoms with Crippen molar-refractivity contribution in [3.63, 3.8) is 0 Å². The van der Waals surface area contributed by atoms with Crippen LogP contribution in [0.3, 0.4) is 0 Å². The van der Waals surface area contributed by atoms with Crippen LogP contribution in [-0.4, -0.2) is 30.2 Å². The molecule has 0 fully saturated rings. The second kappa shape index (κ2) is 5.24. The van der Waals surface area contributed by atoms with E-state index in [-0.39, 0.29) is 21.2 Å². The molecular formula is C9H10Cl2O5S2.